The SMILES string of the molecule is O=C(O)CC[C@H](c1ccccc1)N1CCN(C(=O)c2ccccc2-c2ccccc2)CC1. The summed E-state index contributed by atoms with van der Waals surface area (Å²) in [6, 6.07) is 27.9. The number of carboxylic acid groups (broad SMARTS) is 1. The molecule has 32 heavy (non-hydrogen) atoms. The van der Waals surface area contributed by atoms with E-state index >= 15 is 0 Å². The topological polar surface area (TPSA) is 60.9 Å². The van der Waals surface area contributed by atoms with Crippen molar-refractivity contribution in [2.24, 2.45) is 0 Å². The van der Waals surface area contributed by atoms with Crippen LogP contribution >= 0.6 is 0 Å². The van der Waals surface area contributed by atoms with Crippen LogP contribution in [-0.4, -0.2) is 53.0 Å². The Morgan fingerprint density at radius 3 is 2.03 bits per heavy atom. The Labute approximate surface area is 188 Å². The van der Waals surface area contributed by atoms with Crippen LogP contribution in [0.15, 0.2) is 84.9 Å². The Balaban J connectivity index is 1.47. The van der Waals surface area contributed by atoms with Crippen molar-refractivity contribution in [2.75, 3.05) is 26.2 Å². The van der Waals surface area contributed by atoms with Crippen LogP contribution in [-0.2, 0) is 4.79 Å². The average Bonchev–Trinajstić information content (AvgIpc) is 2.85. The third-order valence-corrected chi connectivity index (χ3v) is 6.10. The quantitative estimate of drug-likeness (QED) is 0.592. The molecule has 1 aliphatic heterocycles. The molecule has 1 saturated heterocycles. The Hall–Kier alpha value is -3.44. The highest BCUT2D eigenvalue weighted by Gasteiger charge is 2.28. The van der Waals surface area contributed by atoms with E-state index in [9.17, 15) is 14.7 Å². The van der Waals surface area contributed by atoms with Gasteiger partial charge in [0.05, 0.1) is 0 Å². The molecule has 0 aromatic heterocycles. The van der Waals surface area contributed by atoms with E-state index in [1.807, 2.05) is 77.7 Å². The summed E-state index contributed by atoms with van der Waals surface area (Å²) in [5, 5.41) is 9.20. The van der Waals surface area contributed by atoms with Gasteiger partial charge in [0.15, 0.2) is 0 Å². The van der Waals surface area contributed by atoms with E-state index in [1.54, 1.807) is 0 Å². The van der Waals surface area contributed by atoms with Crippen molar-refractivity contribution >= 4 is 11.9 Å². The smallest absolute Gasteiger partial charge is 0.303 e. The molecular weight excluding hydrogens is 400 g/mol. The first kappa shape index (κ1) is 21.8. The molecule has 5 heteroatoms. The summed E-state index contributed by atoms with van der Waals surface area (Å²) >= 11 is 0. The Morgan fingerprint density at radius 1 is 0.781 bits per heavy atom. The number of benzene rings is 3. The number of hydrogen-bond acceptors (Lipinski definition) is 3. The highest BCUT2D eigenvalue weighted by Crippen LogP contribution is 2.29. The zero-order valence-electron chi connectivity index (χ0n) is 18.1. The monoisotopic (exact) mass is 428 g/mol. The van der Waals surface area contributed by atoms with Gasteiger partial charge >= 0.3 is 5.97 Å². The number of carbonyl (C=O) groups excluding carboxylic acids is 1. The number of rotatable bonds is 7. The third-order valence-electron chi connectivity index (χ3n) is 6.10. The molecule has 1 amide bonds. The van der Waals surface area contributed by atoms with Crippen LogP contribution in [0.1, 0.15) is 34.8 Å². The molecule has 0 bridgehead atoms. The summed E-state index contributed by atoms with van der Waals surface area (Å²) in [5.41, 5.74) is 3.83. The first-order chi connectivity index (χ1) is 15.6. The van der Waals surface area contributed by atoms with Crippen LogP contribution in [0.2, 0.25) is 0 Å². The Kier molecular flexibility index (Phi) is 6.97. The summed E-state index contributed by atoms with van der Waals surface area (Å²) in [4.78, 5) is 28.8. The van der Waals surface area contributed by atoms with E-state index in [-0.39, 0.29) is 18.4 Å². The second kappa shape index (κ2) is 10.2. The van der Waals surface area contributed by atoms with Gasteiger partial charge in [0, 0.05) is 44.2 Å². The molecule has 0 spiro atoms. The second-order valence-corrected chi connectivity index (χ2v) is 8.10. The molecule has 5 nitrogen and oxygen atoms in total. The molecule has 1 atom stereocenters. The molecule has 3 aromatic carbocycles. The molecule has 1 aliphatic rings. The van der Waals surface area contributed by atoms with Crippen molar-refractivity contribution in [2.45, 2.75) is 18.9 Å². The summed E-state index contributed by atoms with van der Waals surface area (Å²) in [6.45, 7) is 2.69. The van der Waals surface area contributed by atoms with Crippen LogP contribution in [0, 0.1) is 0 Å². The van der Waals surface area contributed by atoms with E-state index in [1.165, 1.54) is 0 Å². The zero-order valence-corrected chi connectivity index (χ0v) is 18.1. The van der Waals surface area contributed by atoms with Crippen LogP contribution in [0.25, 0.3) is 11.1 Å². The van der Waals surface area contributed by atoms with E-state index in [0.29, 0.717) is 19.5 Å². The molecule has 164 valence electrons. The Morgan fingerprint density at radius 2 is 1.38 bits per heavy atom. The summed E-state index contributed by atoms with van der Waals surface area (Å²) < 4.78 is 0. The number of aliphatic carboxylic acids is 1. The molecule has 0 aliphatic carbocycles. The van der Waals surface area contributed by atoms with Crippen molar-refractivity contribution in [3.63, 3.8) is 0 Å². The minimum Gasteiger partial charge on any atom is -0.481 e. The van der Waals surface area contributed by atoms with Gasteiger partial charge in [-0.1, -0.05) is 78.9 Å². The van der Waals surface area contributed by atoms with Crippen molar-refractivity contribution in [3.8, 4) is 11.1 Å². The Bertz CT molecular complexity index is 1040. The fourth-order valence-electron chi connectivity index (χ4n) is 4.44. The lowest BCUT2D eigenvalue weighted by atomic mass is 9.98. The number of amides is 1. The minimum absolute atomic E-state index is 0.0427. The maximum Gasteiger partial charge on any atom is 0.303 e. The number of nitrogens with zero attached hydrogens (tertiary/aromatic N) is 2. The maximum atomic E-state index is 13.4. The molecule has 1 heterocycles. The molecule has 0 saturated carbocycles. The fraction of sp³-hybridized carbons (Fsp3) is 0.259. The maximum absolute atomic E-state index is 13.4. The normalized spacial score (nSPS) is 15.3. The van der Waals surface area contributed by atoms with E-state index < -0.39 is 5.97 Å². The lowest BCUT2D eigenvalue weighted by Gasteiger charge is -2.39. The van der Waals surface area contributed by atoms with Crippen LogP contribution in [0.3, 0.4) is 0 Å². The lowest BCUT2D eigenvalue weighted by molar-refractivity contribution is -0.137. The standard InChI is InChI=1S/C27H28N2O3/c30-26(31)16-15-25(22-11-5-2-6-12-22)28-17-19-29(20-18-28)27(32)24-14-8-7-13-23(24)21-9-3-1-4-10-21/h1-14,25H,15-20H2,(H,30,31)/t25-/m1/s1. The van der Waals surface area contributed by atoms with E-state index in [0.717, 1.165) is 35.3 Å². The number of hydrogen-bond donors (Lipinski definition) is 1. The molecule has 3 aromatic rings. The van der Waals surface area contributed by atoms with Crippen LogP contribution < -0.4 is 0 Å². The van der Waals surface area contributed by atoms with Crippen LogP contribution in [0.5, 0.6) is 0 Å². The van der Waals surface area contributed by atoms with E-state index in [2.05, 4.69) is 17.0 Å². The molecule has 0 radical (unpaired) electrons. The molecule has 1 N–H and O–H groups in total. The first-order valence-electron chi connectivity index (χ1n) is 11.1. The predicted molar refractivity (Wildman–Crippen MR) is 125 cm³/mol. The number of carboxylic acids is 1. The number of piperazine rings is 1. The summed E-state index contributed by atoms with van der Waals surface area (Å²) in [7, 11) is 0. The van der Waals surface area contributed by atoms with Crippen molar-refractivity contribution in [1.82, 2.24) is 9.80 Å². The predicted octanol–water partition coefficient (Wildman–Crippen LogP) is 4.72. The largest absolute Gasteiger partial charge is 0.481 e. The van der Waals surface area contributed by atoms with Gasteiger partial charge in [0.25, 0.3) is 5.91 Å². The minimum atomic E-state index is -0.780. The molecule has 4 rings (SSSR count). The van der Waals surface area contributed by atoms with Gasteiger partial charge in [0.2, 0.25) is 0 Å². The van der Waals surface area contributed by atoms with Gasteiger partial charge in [-0.3, -0.25) is 14.5 Å². The third kappa shape index (κ3) is 5.06. The van der Waals surface area contributed by atoms with Gasteiger partial charge < -0.3 is 10.0 Å². The van der Waals surface area contributed by atoms with Crippen molar-refractivity contribution < 1.29 is 14.7 Å². The van der Waals surface area contributed by atoms with Gasteiger partial charge in [-0.05, 0) is 29.2 Å². The lowest BCUT2D eigenvalue weighted by Crippen LogP contribution is -2.49. The van der Waals surface area contributed by atoms with Gasteiger partial charge in [-0.2, -0.15) is 0 Å². The first-order valence-corrected chi connectivity index (χ1v) is 11.1. The van der Waals surface area contributed by atoms with Crippen molar-refractivity contribution in [1.29, 1.82) is 0 Å². The van der Waals surface area contributed by atoms with Crippen LogP contribution in [0.4, 0.5) is 0 Å². The molecule has 0 unspecified atom stereocenters. The van der Waals surface area contributed by atoms with E-state index in [4.69, 9.17) is 0 Å². The molecule has 1 fully saturated rings. The van der Waals surface area contributed by atoms with Crippen molar-refractivity contribution in [3.05, 3.63) is 96.1 Å². The average molecular weight is 429 g/mol. The zero-order chi connectivity index (χ0) is 22.3. The van der Waals surface area contributed by atoms with Gasteiger partial charge in [-0.25, -0.2) is 0 Å². The summed E-state index contributed by atoms with van der Waals surface area (Å²) in [5.74, 6) is -0.733. The summed E-state index contributed by atoms with van der Waals surface area (Å²) in [6.07, 6.45) is 0.688. The highest BCUT2D eigenvalue weighted by atomic mass is 16.4. The number of carbonyl (C=O) groups is 2. The highest BCUT2D eigenvalue weighted by molar-refractivity contribution is 6.01. The second-order valence-electron chi connectivity index (χ2n) is 8.10. The van der Waals surface area contributed by atoms with Gasteiger partial charge in [0.1, 0.15) is 0 Å². The molecular formula is C27H28N2O3. The fourth-order valence-corrected chi connectivity index (χ4v) is 4.44. The van der Waals surface area contributed by atoms with Gasteiger partial charge in [-0.15, -0.1) is 0 Å².